The minimum Gasteiger partial charge on any atom is -0.449 e. The Morgan fingerprint density at radius 3 is 1.22 bits per heavy atom. The van der Waals surface area contributed by atoms with Crippen LogP contribution in [0.1, 0.15) is 11.1 Å². The Bertz CT molecular complexity index is 577. The van der Waals surface area contributed by atoms with Gasteiger partial charge in [-0.25, -0.2) is 0 Å². The zero-order valence-corrected chi connectivity index (χ0v) is 16.3. The van der Waals surface area contributed by atoms with Gasteiger partial charge >= 0.3 is 0 Å². The largest absolute Gasteiger partial charge is 0.449 e. The summed E-state index contributed by atoms with van der Waals surface area (Å²) < 4.78 is 6.70. The molecule has 0 atom stereocenters. The average Bonchev–Trinajstić information content (AvgIpc) is 2.54. The van der Waals surface area contributed by atoms with Gasteiger partial charge in [-0.3, -0.25) is 0 Å². The second-order valence-corrected chi connectivity index (χ2v) is 14.8. The van der Waals surface area contributed by atoms with E-state index in [2.05, 4.69) is 50.5 Å². The maximum atomic E-state index is 9.18. The fourth-order valence-corrected chi connectivity index (χ4v) is 10.8. The van der Waals surface area contributed by atoms with E-state index in [1.54, 1.807) is 0 Å². The van der Waals surface area contributed by atoms with Crippen LogP contribution in [0.4, 0.5) is 0 Å². The highest BCUT2D eigenvalue weighted by Crippen LogP contribution is 2.16. The summed E-state index contributed by atoms with van der Waals surface area (Å²) in [4.78, 5) is 0. The molecule has 0 saturated heterocycles. The molecule has 0 aliphatic rings. The van der Waals surface area contributed by atoms with Gasteiger partial charge in [0.15, 0.2) is 0 Å². The lowest BCUT2D eigenvalue weighted by molar-refractivity contribution is 0.281. The highest BCUT2D eigenvalue weighted by Gasteiger charge is 2.35. The summed E-state index contributed by atoms with van der Waals surface area (Å²) in [5.41, 5.74) is 1.85. The molecule has 0 aliphatic carbocycles. The van der Waals surface area contributed by atoms with Gasteiger partial charge in [0.2, 0.25) is 16.6 Å². The van der Waals surface area contributed by atoms with Crippen LogP contribution in [0.2, 0.25) is 26.2 Å². The molecular formula is C18H26O3Si2. The van der Waals surface area contributed by atoms with E-state index in [0.29, 0.717) is 0 Å². The van der Waals surface area contributed by atoms with Gasteiger partial charge in [-0.15, -0.1) is 0 Å². The molecule has 5 heteroatoms. The van der Waals surface area contributed by atoms with Crippen LogP contribution in [-0.2, 0) is 17.3 Å². The fourth-order valence-electron chi connectivity index (χ4n) is 2.78. The van der Waals surface area contributed by atoms with E-state index in [-0.39, 0.29) is 13.2 Å². The number of benzene rings is 2. The summed E-state index contributed by atoms with van der Waals surface area (Å²) in [6.45, 7) is 9.02. The Kier molecular flexibility index (Phi) is 5.59. The van der Waals surface area contributed by atoms with Crippen LogP contribution >= 0.6 is 0 Å². The van der Waals surface area contributed by atoms with Crippen molar-refractivity contribution >= 4 is 27.0 Å². The maximum absolute atomic E-state index is 9.18. The molecule has 3 nitrogen and oxygen atoms in total. The second-order valence-electron chi connectivity index (χ2n) is 6.83. The molecule has 2 N–H and O–H groups in total. The first-order chi connectivity index (χ1) is 10.8. The van der Waals surface area contributed by atoms with Crippen LogP contribution in [-0.4, -0.2) is 26.8 Å². The van der Waals surface area contributed by atoms with Crippen LogP contribution in [0.15, 0.2) is 48.5 Å². The molecule has 2 rings (SSSR count). The van der Waals surface area contributed by atoms with Gasteiger partial charge in [0, 0.05) is 0 Å². The Morgan fingerprint density at radius 2 is 0.957 bits per heavy atom. The van der Waals surface area contributed by atoms with Crippen LogP contribution in [0.5, 0.6) is 0 Å². The molecule has 0 unspecified atom stereocenters. The topological polar surface area (TPSA) is 49.7 Å². The van der Waals surface area contributed by atoms with Crippen LogP contribution < -0.4 is 10.4 Å². The molecule has 0 amide bonds. The molecule has 23 heavy (non-hydrogen) atoms. The summed E-state index contributed by atoms with van der Waals surface area (Å²) in [7, 11) is -4.05. The third-order valence-corrected chi connectivity index (χ3v) is 11.7. The normalized spacial score (nSPS) is 12.4. The maximum Gasteiger partial charge on any atom is 0.206 e. The van der Waals surface area contributed by atoms with Gasteiger partial charge in [0.05, 0.1) is 13.2 Å². The van der Waals surface area contributed by atoms with E-state index >= 15 is 0 Å². The first-order valence-corrected chi connectivity index (χ1v) is 13.7. The Morgan fingerprint density at radius 1 is 0.652 bits per heavy atom. The summed E-state index contributed by atoms with van der Waals surface area (Å²) in [6.07, 6.45) is 0. The van der Waals surface area contributed by atoms with Gasteiger partial charge in [-0.05, 0) is 47.7 Å². The van der Waals surface area contributed by atoms with Crippen molar-refractivity contribution < 1.29 is 14.3 Å². The van der Waals surface area contributed by atoms with Crippen molar-refractivity contribution in [2.75, 3.05) is 0 Å². The Balaban J connectivity index is 2.21. The lowest BCUT2D eigenvalue weighted by atomic mass is 10.2. The predicted octanol–water partition coefficient (Wildman–Crippen LogP) is 2.21. The second kappa shape index (κ2) is 7.11. The summed E-state index contributed by atoms with van der Waals surface area (Å²) >= 11 is 0. The molecule has 0 aromatic heterocycles. The van der Waals surface area contributed by atoms with Crippen LogP contribution in [0.25, 0.3) is 0 Å². The van der Waals surface area contributed by atoms with Crippen LogP contribution in [0, 0.1) is 0 Å². The number of hydrogen-bond donors (Lipinski definition) is 2. The number of aliphatic hydroxyl groups is 2. The number of hydrogen-bond acceptors (Lipinski definition) is 3. The van der Waals surface area contributed by atoms with Crippen molar-refractivity contribution in [3.05, 3.63) is 59.7 Å². The Hall–Kier alpha value is -1.25. The SMILES string of the molecule is C[Si](C)(O[Si](C)(C)c1ccc(CO)cc1)c1ccc(CO)cc1. The van der Waals surface area contributed by atoms with Gasteiger partial charge in [-0.1, -0.05) is 48.5 Å². The molecule has 0 heterocycles. The number of rotatable bonds is 6. The van der Waals surface area contributed by atoms with Crippen molar-refractivity contribution in [2.45, 2.75) is 39.4 Å². The number of aliphatic hydroxyl groups excluding tert-OH is 2. The molecule has 124 valence electrons. The monoisotopic (exact) mass is 346 g/mol. The highest BCUT2D eigenvalue weighted by atomic mass is 28.4. The minimum atomic E-state index is -2.02. The van der Waals surface area contributed by atoms with Crippen molar-refractivity contribution in [1.82, 2.24) is 0 Å². The molecule has 0 radical (unpaired) electrons. The fraction of sp³-hybridized carbons (Fsp3) is 0.333. The van der Waals surface area contributed by atoms with Crippen molar-refractivity contribution in [3.63, 3.8) is 0 Å². The van der Waals surface area contributed by atoms with Gasteiger partial charge in [0.1, 0.15) is 0 Å². The van der Waals surface area contributed by atoms with E-state index in [9.17, 15) is 10.2 Å². The summed E-state index contributed by atoms with van der Waals surface area (Å²) in [5, 5.41) is 20.8. The molecule has 0 bridgehead atoms. The lowest BCUT2D eigenvalue weighted by Gasteiger charge is -2.34. The van der Waals surface area contributed by atoms with E-state index in [4.69, 9.17) is 4.12 Å². The molecule has 0 fully saturated rings. The van der Waals surface area contributed by atoms with E-state index in [0.717, 1.165) is 11.1 Å². The van der Waals surface area contributed by atoms with Crippen molar-refractivity contribution in [1.29, 1.82) is 0 Å². The molecular weight excluding hydrogens is 320 g/mol. The van der Waals surface area contributed by atoms with E-state index in [1.807, 2.05) is 24.3 Å². The molecule has 0 spiro atoms. The first kappa shape index (κ1) is 18.1. The van der Waals surface area contributed by atoms with E-state index < -0.39 is 16.6 Å². The van der Waals surface area contributed by atoms with E-state index in [1.165, 1.54) is 10.4 Å². The molecule has 2 aromatic rings. The molecule has 0 aliphatic heterocycles. The third kappa shape index (κ3) is 4.39. The predicted molar refractivity (Wildman–Crippen MR) is 100 cm³/mol. The van der Waals surface area contributed by atoms with Crippen molar-refractivity contribution in [2.24, 2.45) is 0 Å². The quantitative estimate of drug-likeness (QED) is 0.789. The smallest absolute Gasteiger partial charge is 0.206 e. The van der Waals surface area contributed by atoms with Gasteiger partial charge in [-0.2, -0.15) is 0 Å². The standard InChI is InChI=1S/C18H26O3Si2/c1-22(2,17-9-5-15(13-19)6-10-17)21-23(3,4)18-11-7-16(14-20)8-12-18/h5-12,19-20H,13-14H2,1-4H3. The zero-order valence-electron chi connectivity index (χ0n) is 14.3. The summed E-state index contributed by atoms with van der Waals surface area (Å²) in [5.74, 6) is 0. The van der Waals surface area contributed by atoms with Crippen molar-refractivity contribution in [3.8, 4) is 0 Å². The van der Waals surface area contributed by atoms with Gasteiger partial charge in [0.25, 0.3) is 0 Å². The minimum absolute atomic E-state index is 0.0700. The molecule has 2 aromatic carbocycles. The average molecular weight is 347 g/mol. The lowest BCUT2D eigenvalue weighted by Crippen LogP contribution is -2.57. The van der Waals surface area contributed by atoms with Gasteiger partial charge < -0.3 is 14.3 Å². The molecule has 0 saturated carbocycles. The highest BCUT2D eigenvalue weighted by molar-refractivity contribution is 6.96. The third-order valence-electron chi connectivity index (χ3n) is 4.17. The Labute approximate surface area is 140 Å². The summed E-state index contributed by atoms with van der Waals surface area (Å²) in [6, 6.07) is 16.2. The first-order valence-electron chi connectivity index (χ1n) is 7.89. The zero-order chi connectivity index (χ0) is 17.1. The van der Waals surface area contributed by atoms with Crippen LogP contribution in [0.3, 0.4) is 0 Å².